The number of aromatic nitrogens is 3. The molecule has 27 heavy (non-hydrogen) atoms. The molecular weight excluding hydrogens is 367 g/mol. The summed E-state index contributed by atoms with van der Waals surface area (Å²) in [5.41, 5.74) is 2.33. The van der Waals surface area contributed by atoms with Crippen LogP contribution < -0.4 is 4.90 Å². The van der Waals surface area contributed by atoms with Crippen LogP contribution in [0.25, 0.3) is 11.3 Å². The van der Waals surface area contributed by atoms with Gasteiger partial charge >= 0.3 is 0 Å². The lowest BCUT2D eigenvalue weighted by molar-refractivity contribution is -0.120. The van der Waals surface area contributed by atoms with Gasteiger partial charge in [-0.3, -0.25) is 14.8 Å². The second-order valence-electron chi connectivity index (χ2n) is 6.43. The summed E-state index contributed by atoms with van der Waals surface area (Å²) in [6.07, 6.45) is 7.70. The van der Waals surface area contributed by atoms with E-state index in [1.54, 1.807) is 47.9 Å². The van der Waals surface area contributed by atoms with Gasteiger partial charge in [0.15, 0.2) is 5.82 Å². The Morgan fingerprint density at radius 2 is 1.96 bits per heavy atom. The lowest BCUT2D eigenvalue weighted by Crippen LogP contribution is -2.28. The van der Waals surface area contributed by atoms with Crippen molar-refractivity contribution in [2.24, 2.45) is 5.92 Å². The molecule has 4 rings (SSSR count). The van der Waals surface area contributed by atoms with Crippen molar-refractivity contribution in [2.75, 3.05) is 11.4 Å². The third kappa shape index (κ3) is 3.66. The van der Waals surface area contributed by atoms with E-state index < -0.39 is 5.82 Å². The molecule has 0 saturated carbocycles. The standard InChI is InChI=1S/C20H16ClFN4O/c21-18-2-1-13(11-24-18)9-15-5-8-26(20(15)27)16-10-17(22)19(25-12-16)14-3-6-23-7-4-14/h1-4,6-7,10-12,15H,5,8-9H2/t15-/m0/s1. The molecule has 0 unspecified atom stereocenters. The van der Waals surface area contributed by atoms with Crippen molar-refractivity contribution in [3.63, 3.8) is 0 Å². The smallest absolute Gasteiger partial charge is 0.230 e. The molecule has 0 bridgehead atoms. The van der Waals surface area contributed by atoms with Gasteiger partial charge in [0.05, 0.1) is 11.9 Å². The van der Waals surface area contributed by atoms with Crippen LogP contribution in [0, 0.1) is 11.7 Å². The highest BCUT2D eigenvalue weighted by Crippen LogP contribution is 2.30. The molecule has 0 N–H and O–H groups in total. The summed E-state index contributed by atoms with van der Waals surface area (Å²) in [4.78, 5) is 26.6. The molecule has 1 atom stereocenters. The first-order valence-corrected chi connectivity index (χ1v) is 8.97. The summed E-state index contributed by atoms with van der Waals surface area (Å²) in [5.74, 6) is -0.643. The highest BCUT2D eigenvalue weighted by molar-refractivity contribution is 6.29. The molecule has 4 heterocycles. The number of carbonyl (C=O) groups is 1. The zero-order chi connectivity index (χ0) is 18.8. The number of carbonyl (C=O) groups excluding carboxylic acids is 1. The van der Waals surface area contributed by atoms with Crippen LogP contribution in [-0.4, -0.2) is 27.4 Å². The molecule has 3 aromatic heterocycles. The van der Waals surface area contributed by atoms with Crippen molar-refractivity contribution < 1.29 is 9.18 Å². The van der Waals surface area contributed by atoms with E-state index in [9.17, 15) is 9.18 Å². The minimum Gasteiger partial charge on any atom is -0.311 e. The first-order chi connectivity index (χ1) is 13.1. The minimum atomic E-state index is -0.461. The largest absolute Gasteiger partial charge is 0.311 e. The van der Waals surface area contributed by atoms with Gasteiger partial charge in [0.2, 0.25) is 5.91 Å². The molecule has 5 nitrogen and oxygen atoms in total. The zero-order valence-corrected chi connectivity index (χ0v) is 15.1. The number of rotatable bonds is 4. The van der Waals surface area contributed by atoms with Crippen LogP contribution in [0.3, 0.4) is 0 Å². The van der Waals surface area contributed by atoms with E-state index in [0.29, 0.717) is 35.8 Å². The SMILES string of the molecule is O=C1[C@H](Cc2ccc(Cl)nc2)CCN1c1cnc(-c2ccncc2)c(F)c1. The monoisotopic (exact) mass is 382 g/mol. The lowest BCUT2D eigenvalue weighted by atomic mass is 9.99. The predicted octanol–water partition coefficient (Wildman–Crippen LogP) is 3.93. The molecule has 7 heteroatoms. The van der Waals surface area contributed by atoms with E-state index in [0.717, 1.165) is 5.56 Å². The third-order valence-corrected chi connectivity index (χ3v) is 4.90. The van der Waals surface area contributed by atoms with Crippen LogP contribution in [0.15, 0.2) is 55.1 Å². The Morgan fingerprint density at radius 3 is 2.67 bits per heavy atom. The summed E-state index contributed by atoms with van der Waals surface area (Å²) in [5, 5.41) is 0.425. The maximum Gasteiger partial charge on any atom is 0.230 e. The Morgan fingerprint density at radius 1 is 1.15 bits per heavy atom. The fourth-order valence-electron chi connectivity index (χ4n) is 3.29. The number of nitrogens with zero attached hydrogens (tertiary/aromatic N) is 4. The van der Waals surface area contributed by atoms with E-state index in [1.165, 1.54) is 6.07 Å². The quantitative estimate of drug-likeness (QED) is 0.641. The number of amides is 1. The van der Waals surface area contributed by atoms with Gasteiger partial charge in [0.25, 0.3) is 0 Å². The van der Waals surface area contributed by atoms with Gasteiger partial charge in [-0.25, -0.2) is 9.37 Å². The van der Waals surface area contributed by atoms with Crippen molar-refractivity contribution >= 4 is 23.2 Å². The zero-order valence-electron chi connectivity index (χ0n) is 14.3. The van der Waals surface area contributed by atoms with Gasteiger partial charge in [0, 0.05) is 42.7 Å². The molecule has 1 aliphatic heterocycles. The first kappa shape index (κ1) is 17.5. The number of halogens is 2. The normalized spacial score (nSPS) is 16.7. The summed E-state index contributed by atoms with van der Waals surface area (Å²) in [7, 11) is 0. The summed E-state index contributed by atoms with van der Waals surface area (Å²) in [6, 6.07) is 8.35. The van der Waals surface area contributed by atoms with Crippen LogP contribution in [-0.2, 0) is 11.2 Å². The second kappa shape index (κ2) is 7.40. The molecule has 0 radical (unpaired) electrons. The van der Waals surface area contributed by atoms with Crippen molar-refractivity contribution in [3.05, 3.63) is 71.7 Å². The number of pyridine rings is 3. The Labute approximate surface area is 160 Å². The summed E-state index contributed by atoms with van der Waals surface area (Å²) >= 11 is 5.80. The average molecular weight is 383 g/mol. The van der Waals surface area contributed by atoms with E-state index in [4.69, 9.17) is 11.6 Å². The Kier molecular flexibility index (Phi) is 4.81. The van der Waals surface area contributed by atoms with Crippen LogP contribution in [0.5, 0.6) is 0 Å². The molecule has 136 valence electrons. The van der Waals surface area contributed by atoms with Gasteiger partial charge < -0.3 is 4.90 Å². The molecule has 1 aliphatic rings. The van der Waals surface area contributed by atoms with Crippen LogP contribution in [0.2, 0.25) is 5.15 Å². The molecule has 0 aliphatic carbocycles. The van der Waals surface area contributed by atoms with Gasteiger partial charge in [-0.15, -0.1) is 0 Å². The van der Waals surface area contributed by atoms with Crippen molar-refractivity contribution in [1.29, 1.82) is 0 Å². The number of hydrogen-bond acceptors (Lipinski definition) is 4. The third-order valence-electron chi connectivity index (χ3n) is 4.68. The molecular formula is C20H16ClFN4O. The summed E-state index contributed by atoms with van der Waals surface area (Å²) < 4.78 is 14.6. The maximum absolute atomic E-state index is 14.6. The van der Waals surface area contributed by atoms with Crippen molar-refractivity contribution in [2.45, 2.75) is 12.8 Å². The molecule has 0 aromatic carbocycles. The number of anilines is 1. The topological polar surface area (TPSA) is 59.0 Å². The predicted molar refractivity (Wildman–Crippen MR) is 101 cm³/mol. The van der Waals surface area contributed by atoms with Gasteiger partial charge in [-0.2, -0.15) is 0 Å². The summed E-state index contributed by atoms with van der Waals surface area (Å²) in [6.45, 7) is 0.542. The number of hydrogen-bond donors (Lipinski definition) is 0. The van der Waals surface area contributed by atoms with Crippen molar-refractivity contribution in [1.82, 2.24) is 15.0 Å². The van der Waals surface area contributed by atoms with Gasteiger partial charge in [-0.05, 0) is 36.6 Å². The average Bonchev–Trinajstić information content (AvgIpc) is 3.04. The van der Waals surface area contributed by atoms with Gasteiger partial charge in [-0.1, -0.05) is 17.7 Å². The minimum absolute atomic E-state index is 0.0252. The first-order valence-electron chi connectivity index (χ1n) is 8.59. The maximum atomic E-state index is 14.6. The Hall–Kier alpha value is -2.86. The van der Waals surface area contributed by atoms with Crippen LogP contribution >= 0.6 is 11.6 Å². The van der Waals surface area contributed by atoms with E-state index in [-0.39, 0.29) is 17.5 Å². The molecule has 1 saturated heterocycles. The Balaban J connectivity index is 1.51. The molecule has 1 fully saturated rings. The van der Waals surface area contributed by atoms with Crippen molar-refractivity contribution in [3.8, 4) is 11.3 Å². The molecule has 3 aromatic rings. The highest BCUT2D eigenvalue weighted by atomic mass is 35.5. The van der Waals surface area contributed by atoms with Gasteiger partial charge in [0.1, 0.15) is 10.8 Å². The highest BCUT2D eigenvalue weighted by Gasteiger charge is 2.33. The lowest BCUT2D eigenvalue weighted by Gasteiger charge is -2.17. The van der Waals surface area contributed by atoms with E-state index in [2.05, 4.69) is 15.0 Å². The fraction of sp³-hybridized carbons (Fsp3) is 0.200. The second-order valence-corrected chi connectivity index (χ2v) is 6.82. The molecule has 1 amide bonds. The Bertz CT molecular complexity index is 965. The molecule has 0 spiro atoms. The van der Waals surface area contributed by atoms with E-state index >= 15 is 0 Å². The van der Waals surface area contributed by atoms with E-state index in [1.807, 2.05) is 6.07 Å². The fourth-order valence-corrected chi connectivity index (χ4v) is 3.41. The van der Waals surface area contributed by atoms with Crippen LogP contribution in [0.4, 0.5) is 10.1 Å². The van der Waals surface area contributed by atoms with Crippen LogP contribution in [0.1, 0.15) is 12.0 Å².